The number of thioether (sulfide) groups is 2. The van der Waals surface area contributed by atoms with Gasteiger partial charge in [0.2, 0.25) is 0 Å². The second-order valence-corrected chi connectivity index (χ2v) is 11.1. The van der Waals surface area contributed by atoms with Crippen molar-refractivity contribution in [3.8, 4) is 0 Å². The molecule has 0 amide bonds. The first kappa shape index (κ1) is 14.8. The first-order chi connectivity index (χ1) is 9.19. The van der Waals surface area contributed by atoms with Crippen LogP contribution >= 0.6 is 48.0 Å². The maximum absolute atomic E-state index is 5.50. The third kappa shape index (κ3) is 5.29. The van der Waals surface area contributed by atoms with Crippen molar-refractivity contribution in [2.24, 2.45) is 0 Å². The molecule has 0 bridgehead atoms. The third-order valence-corrected chi connectivity index (χ3v) is 7.83. The van der Waals surface area contributed by atoms with Crippen molar-refractivity contribution in [3.05, 3.63) is 21.0 Å². The number of hydrogen-bond donors (Lipinski definition) is 0. The molecule has 0 aliphatic carbocycles. The van der Waals surface area contributed by atoms with E-state index in [1.807, 2.05) is 23.5 Å². The fourth-order valence-corrected chi connectivity index (χ4v) is 6.30. The predicted octanol–water partition coefficient (Wildman–Crippen LogP) is 3.58. The second-order valence-electron chi connectivity index (χ2n) is 5.17. The van der Waals surface area contributed by atoms with Gasteiger partial charge < -0.3 is 0 Å². The zero-order valence-electron chi connectivity index (χ0n) is 10.6. The molecule has 2 unspecified atom stereocenters. The van der Waals surface area contributed by atoms with Gasteiger partial charge >= 0.3 is 141 Å². The van der Waals surface area contributed by atoms with Crippen LogP contribution in [0.25, 0.3) is 0 Å². The van der Waals surface area contributed by atoms with Crippen molar-refractivity contribution in [2.75, 3.05) is 11.5 Å². The molecule has 1 aromatic heterocycles. The zero-order chi connectivity index (χ0) is 13.2. The first-order valence-electron chi connectivity index (χ1n) is 6.52. The van der Waals surface area contributed by atoms with Crippen molar-refractivity contribution in [2.45, 2.75) is 36.2 Å². The molecule has 1 aromatic rings. The van der Waals surface area contributed by atoms with E-state index in [0.29, 0.717) is 14.5 Å². The van der Waals surface area contributed by atoms with Crippen molar-refractivity contribution < 1.29 is 0 Å². The molecule has 0 spiro atoms. The number of hydrogen-bond acceptors (Lipinski definition) is 4. The summed E-state index contributed by atoms with van der Waals surface area (Å²) in [7, 11) is 0. The van der Waals surface area contributed by atoms with Crippen molar-refractivity contribution >= 4 is 72.2 Å². The fourth-order valence-electron chi connectivity index (χ4n) is 2.06. The van der Waals surface area contributed by atoms with E-state index in [0.717, 1.165) is 36.2 Å². The van der Waals surface area contributed by atoms with Gasteiger partial charge in [0.25, 0.3) is 0 Å². The van der Waals surface area contributed by atoms with Crippen LogP contribution in [0.1, 0.15) is 22.8 Å². The van der Waals surface area contributed by atoms with Crippen molar-refractivity contribution in [3.63, 3.8) is 0 Å². The van der Waals surface area contributed by atoms with Gasteiger partial charge in [-0.1, -0.05) is 0 Å². The van der Waals surface area contributed by atoms with E-state index in [1.54, 1.807) is 4.44 Å². The Morgan fingerprint density at radius 1 is 1.11 bits per heavy atom. The van der Waals surface area contributed by atoms with Gasteiger partial charge in [0.1, 0.15) is 0 Å². The summed E-state index contributed by atoms with van der Waals surface area (Å²) in [5.41, 5.74) is 1.45. The molecule has 2 fully saturated rings. The van der Waals surface area contributed by atoms with Gasteiger partial charge in [-0.25, -0.2) is 0 Å². The molecular weight excluding hydrogens is 375 g/mol. The van der Waals surface area contributed by atoms with E-state index in [2.05, 4.69) is 11.0 Å². The van der Waals surface area contributed by atoms with Gasteiger partial charge in [0.05, 0.1) is 0 Å². The molecule has 0 nitrogen and oxygen atoms in total. The van der Waals surface area contributed by atoms with Crippen LogP contribution in [0.4, 0.5) is 0 Å². The Labute approximate surface area is 140 Å². The Bertz CT molecular complexity index is 443. The molecular formula is C14H16S4Se. The van der Waals surface area contributed by atoms with E-state index in [4.69, 9.17) is 24.4 Å². The van der Waals surface area contributed by atoms with Gasteiger partial charge in [-0.3, -0.25) is 0 Å². The topological polar surface area (TPSA) is 0 Å². The van der Waals surface area contributed by atoms with Crippen LogP contribution in [0, 0.1) is 0 Å². The Hall–Kier alpha value is 0.879. The Kier molecular flexibility index (Phi) is 5.27. The zero-order valence-corrected chi connectivity index (χ0v) is 15.6. The average Bonchev–Trinajstić information content (AvgIpc) is 3.24. The predicted molar refractivity (Wildman–Crippen MR) is 97.7 cm³/mol. The SMILES string of the molecule is S=C(Cc1c[se]c(CC(=S)CC2CS2)c1)CC1CS1. The summed E-state index contributed by atoms with van der Waals surface area (Å²) in [6, 6.07) is 2.37. The minimum absolute atomic E-state index is 0.528. The van der Waals surface area contributed by atoms with Crippen LogP contribution in [-0.4, -0.2) is 46.2 Å². The van der Waals surface area contributed by atoms with Gasteiger partial charge in [-0.15, -0.1) is 0 Å². The average molecular weight is 392 g/mol. The summed E-state index contributed by atoms with van der Waals surface area (Å²) in [5, 5.41) is 1.69. The summed E-state index contributed by atoms with van der Waals surface area (Å²) in [5.74, 6) is 2.64. The first-order valence-corrected chi connectivity index (χ1v) is 11.3. The third-order valence-electron chi connectivity index (χ3n) is 3.20. The van der Waals surface area contributed by atoms with Crippen LogP contribution < -0.4 is 0 Å². The molecule has 5 heteroatoms. The summed E-state index contributed by atoms with van der Waals surface area (Å²) >= 11 is 15.6. The molecule has 0 N–H and O–H groups in total. The van der Waals surface area contributed by atoms with Crippen LogP contribution in [0.5, 0.6) is 0 Å². The van der Waals surface area contributed by atoms with Crippen LogP contribution in [0.2, 0.25) is 0 Å². The molecule has 0 radical (unpaired) electrons. The molecule has 2 aliphatic rings. The van der Waals surface area contributed by atoms with E-state index in [1.165, 1.54) is 26.8 Å². The monoisotopic (exact) mass is 392 g/mol. The second kappa shape index (κ2) is 6.76. The normalized spacial score (nSPS) is 24.2. The standard InChI is InChI=1S/C14H16S4Se/c15-10(3-12-6-17-12)1-9-2-14(19-8-9)5-11(16)4-13-7-18-13/h2,8,12-13H,1,3-7H2. The van der Waals surface area contributed by atoms with Gasteiger partial charge in [0.15, 0.2) is 0 Å². The van der Waals surface area contributed by atoms with Crippen LogP contribution in [0.3, 0.4) is 0 Å². The molecule has 0 aromatic carbocycles. The molecule has 19 heavy (non-hydrogen) atoms. The van der Waals surface area contributed by atoms with Gasteiger partial charge in [0, 0.05) is 0 Å². The Balaban J connectivity index is 1.47. The molecule has 2 aliphatic heterocycles. The summed E-state index contributed by atoms with van der Waals surface area (Å²) in [6.07, 6.45) is 4.37. The summed E-state index contributed by atoms with van der Waals surface area (Å²) in [4.78, 5) is 4.91. The minimum atomic E-state index is 0.528. The molecule has 2 saturated heterocycles. The molecule has 102 valence electrons. The van der Waals surface area contributed by atoms with Gasteiger partial charge in [-0.2, -0.15) is 0 Å². The fraction of sp³-hybridized carbons (Fsp3) is 0.571. The van der Waals surface area contributed by atoms with E-state index in [-0.39, 0.29) is 0 Å². The summed E-state index contributed by atoms with van der Waals surface area (Å²) in [6.45, 7) is 0. The Morgan fingerprint density at radius 3 is 2.26 bits per heavy atom. The van der Waals surface area contributed by atoms with E-state index >= 15 is 0 Å². The molecule has 0 saturated carbocycles. The summed E-state index contributed by atoms with van der Waals surface area (Å²) < 4.78 is 1.56. The van der Waals surface area contributed by atoms with Crippen LogP contribution in [0.15, 0.2) is 11.0 Å². The van der Waals surface area contributed by atoms with Crippen LogP contribution in [-0.2, 0) is 12.8 Å². The van der Waals surface area contributed by atoms with Crippen molar-refractivity contribution in [1.82, 2.24) is 0 Å². The van der Waals surface area contributed by atoms with E-state index in [9.17, 15) is 0 Å². The molecule has 2 atom stereocenters. The number of thiocarbonyl (C=S) groups is 2. The molecule has 3 heterocycles. The van der Waals surface area contributed by atoms with Gasteiger partial charge in [-0.05, 0) is 0 Å². The molecule has 3 rings (SSSR count). The van der Waals surface area contributed by atoms with E-state index < -0.39 is 0 Å². The quantitative estimate of drug-likeness (QED) is 0.377. The Morgan fingerprint density at radius 2 is 1.68 bits per heavy atom. The van der Waals surface area contributed by atoms with Crippen molar-refractivity contribution in [1.29, 1.82) is 0 Å². The maximum atomic E-state index is 5.50. The number of rotatable bonds is 8.